The fraction of sp³-hybridized carbons (Fsp3) is 0. The Kier molecular flexibility index (Phi) is 4.67. The van der Waals surface area contributed by atoms with Gasteiger partial charge in [0, 0.05) is 11.1 Å². The SMILES string of the molecule is NC(=S)c1ccc(NC(=O)c2ccc(O)c(Cl)c2)c(Cl)c1. The van der Waals surface area contributed by atoms with Crippen LogP contribution in [0.1, 0.15) is 15.9 Å². The van der Waals surface area contributed by atoms with Crippen molar-refractivity contribution in [3.05, 3.63) is 57.6 Å². The highest BCUT2D eigenvalue weighted by atomic mass is 35.5. The summed E-state index contributed by atoms with van der Waals surface area (Å²) >= 11 is 16.7. The van der Waals surface area contributed by atoms with E-state index in [1.54, 1.807) is 18.2 Å². The van der Waals surface area contributed by atoms with Gasteiger partial charge in [-0.2, -0.15) is 0 Å². The first-order valence-corrected chi connectivity index (χ1v) is 6.94. The van der Waals surface area contributed by atoms with Crippen LogP contribution in [0.2, 0.25) is 10.0 Å². The van der Waals surface area contributed by atoms with Crippen molar-refractivity contribution >= 4 is 52.0 Å². The van der Waals surface area contributed by atoms with E-state index in [1.165, 1.54) is 18.2 Å². The summed E-state index contributed by atoms with van der Waals surface area (Å²) in [5.41, 5.74) is 6.84. The molecule has 0 aliphatic carbocycles. The number of aromatic hydroxyl groups is 1. The first-order valence-electron chi connectivity index (χ1n) is 5.77. The maximum Gasteiger partial charge on any atom is 0.255 e. The number of anilines is 1. The summed E-state index contributed by atoms with van der Waals surface area (Å²) in [6.07, 6.45) is 0. The number of nitrogens with one attached hydrogen (secondary N) is 1. The van der Waals surface area contributed by atoms with Crippen molar-refractivity contribution in [2.75, 3.05) is 5.32 Å². The molecule has 0 aliphatic rings. The van der Waals surface area contributed by atoms with Gasteiger partial charge >= 0.3 is 0 Å². The molecule has 0 spiro atoms. The van der Waals surface area contributed by atoms with Crippen molar-refractivity contribution < 1.29 is 9.90 Å². The molecule has 4 nitrogen and oxygen atoms in total. The molecule has 0 saturated heterocycles. The van der Waals surface area contributed by atoms with Crippen molar-refractivity contribution in [2.24, 2.45) is 5.73 Å². The lowest BCUT2D eigenvalue weighted by molar-refractivity contribution is 0.102. The molecule has 0 unspecified atom stereocenters. The van der Waals surface area contributed by atoms with Gasteiger partial charge in [0.15, 0.2) is 0 Å². The fourth-order valence-electron chi connectivity index (χ4n) is 1.61. The van der Waals surface area contributed by atoms with E-state index in [9.17, 15) is 9.90 Å². The first-order chi connectivity index (χ1) is 9.88. The maximum atomic E-state index is 12.1. The van der Waals surface area contributed by atoms with Gasteiger partial charge in [0.2, 0.25) is 0 Å². The molecule has 0 saturated carbocycles. The largest absolute Gasteiger partial charge is 0.506 e. The van der Waals surface area contributed by atoms with Gasteiger partial charge in [-0.3, -0.25) is 4.79 Å². The van der Waals surface area contributed by atoms with Gasteiger partial charge in [-0.15, -0.1) is 0 Å². The molecule has 7 heteroatoms. The molecule has 0 heterocycles. The maximum absolute atomic E-state index is 12.1. The predicted molar refractivity (Wildman–Crippen MR) is 88.4 cm³/mol. The van der Waals surface area contributed by atoms with Crippen LogP contribution < -0.4 is 11.1 Å². The van der Waals surface area contributed by atoms with Crippen LogP contribution in [0.25, 0.3) is 0 Å². The number of carbonyl (C=O) groups excluding carboxylic acids is 1. The number of benzene rings is 2. The molecule has 0 atom stereocenters. The van der Waals surface area contributed by atoms with E-state index in [4.69, 9.17) is 41.2 Å². The zero-order valence-electron chi connectivity index (χ0n) is 10.6. The Morgan fingerprint density at radius 1 is 1.10 bits per heavy atom. The van der Waals surface area contributed by atoms with Crippen LogP contribution in [-0.4, -0.2) is 16.0 Å². The van der Waals surface area contributed by atoms with E-state index in [2.05, 4.69) is 5.32 Å². The van der Waals surface area contributed by atoms with Crippen LogP contribution in [-0.2, 0) is 0 Å². The summed E-state index contributed by atoms with van der Waals surface area (Å²) in [4.78, 5) is 12.3. The Morgan fingerprint density at radius 2 is 1.71 bits per heavy atom. The van der Waals surface area contributed by atoms with E-state index < -0.39 is 5.91 Å². The van der Waals surface area contributed by atoms with E-state index in [0.717, 1.165) is 0 Å². The zero-order chi connectivity index (χ0) is 15.6. The molecule has 2 rings (SSSR count). The molecule has 4 N–H and O–H groups in total. The van der Waals surface area contributed by atoms with Crippen LogP contribution in [0.4, 0.5) is 5.69 Å². The van der Waals surface area contributed by atoms with Crippen molar-refractivity contribution in [3.8, 4) is 5.75 Å². The van der Waals surface area contributed by atoms with Crippen molar-refractivity contribution in [3.63, 3.8) is 0 Å². The van der Waals surface area contributed by atoms with Gasteiger partial charge in [0.1, 0.15) is 10.7 Å². The summed E-state index contributed by atoms with van der Waals surface area (Å²) in [7, 11) is 0. The average Bonchev–Trinajstić information content (AvgIpc) is 2.43. The van der Waals surface area contributed by atoms with Crippen LogP contribution in [0.5, 0.6) is 5.75 Å². The molecular weight excluding hydrogens is 331 g/mol. The topological polar surface area (TPSA) is 75.3 Å². The van der Waals surface area contributed by atoms with Crippen LogP contribution in [0.3, 0.4) is 0 Å². The Bertz CT molecular complexity index is 735. The van der Waals surface area contributed by atoms with Crippen LogP contribution in [0.15, 0.2) is 36.4 Å². The number of halogens is 2. The second-order valence-corrected chi connectivity index (χ2v) is 5.43. The highest BCUT2D eigenvalue weighted by Gasteiger charge is 2.11. The lowest BCUT2D eigenvalue weighted by Crippen LogP contribution is -2.13. The molecule has 0 aromatic heterocycles. The third-order valence-corrected chi connectivity index (χ3v) is 3.56. The smallest absolute Gasteiger partial charge is 0.255 e. The number of thiocarbonyl (C=S) groups is 1. The van der Waals surface area contributed by atoms with Crippen molar-refractivity contribution in [1.82, 2.24) is 0 Å². The third kappa shape index (κ3) is 3.64. The normalized spacial score (nSPS) is 10.2. The molecule has 0 fully saturated rings. The average molecular weight is 341 g/mol. The lowest BCUT2D eigenvalue weighted by Gasteiger charge is -2.09. The van der Waals surface area contributed by atoms with Crippen molar-refractivity contribution in [1.29, 1.82) is 0 Å². The minimum Gasteiger partial charge on any atom is -0.506 e. The third-order valence-electron chi connectivity index (χ3n) is 2.71. The molecule has 1 amide bonds. The molecule has 2 aromatic rings. The molecule has 0 radical (unpaired) electrons. The number of phenols is 1. The van der Waals surface area contributed by atoms with Gasteiger partial charge in [-0.05, 0) is 36.4 Å². The van der Waals surface area contributed by atoms with E-state index in [0.29, 0.717) is 21.8 Å². The zero-order valence-corrected chi connectivity index (χ0v) is 12.9. The number of amides is 1. The number of carbonyl (C=O) groups is 1. The number of hydrogen-bond donors (Lipinski definition) is 3. The summed E-state index contributed by atoms with van der Waals surface area (Å²) in [5, 5.41) is 12.4. The predicted octanol–water partition coefficient (Wildman–Crippen LogP) is 3.59. The summed E-state index contributed by atoms with van der Waals surface area (Å²) in [5.74, 6) is -0.492. The van der Waals surface area contributed by atoms with Gasteiger partial charge in [0.25, 0.3) is 5.91 Å². The lowest BCUT2D eigenvalue weighted by atomic mass is 10.1. The number of rotatable bonds is 3. The van der Waals surface area contributed by atoms with Crippen molar-refractivity contribution in [2.45, 2.75) is 0 Å². The highest BCUT2D eigenvalue weighted by Crippen LogP contribution is 2.26. The quantitative estimate of drug-likeness (QED) is 0.746. The van der Waals surface area contributed by atoms with E-state index in [-0.39, 0.29) is 15.8 Å². The Morgan fingerprint density at radius 3 is 2.29 bits per heavy atom. The number of hydrogen-bond acceptors (Lipinski definition) is 3. The Hall–Kier alpha value is -1.82. The monoisotopic (exact) mass is 340 g/mol. The van der Waals surface area contributed by atoms with Gasteiger partial charge in [-0.1, -0.05) is 35.4 Å². The Balaban J connectivity index is 2.23. The first kappa shape index (κ1) is 15.6. The summed E-state index contributed by atoms with van der Waals surface area (Å²) < 4.78 is 0. The minimum absolute atomic E-state index is 0.0907. The number of phenolic OH excluding ortho intramolecular Hbond substituents is 1. The van der Waals surface area contributed by atoms with E-state index >= 15 is 0 Å². The standard InChI is InChI=1S/C14H10Cl2N2O2S/c15-9-5-7(13(17)21)1-3-11(9)18-14(20)8-2-4-12(19)10(16)6-8/h1-6,19H,(H2,17,21)(H,18,20). The number of nitrogens with two attached hydrogens (primary N) is 1. The fourth-order valence-corrected chi connectivity index (χ4v) is 2.15. The molecule has 21 heavy (non-hydrogen) atoms. The van der Waals surface area contributed by atoms with Gasteiger partial charge in [-0.25, -0.2) is 0 Å². The van der Waals surface area contributed by atoms with Gasteiger partial charge < -0.3 is 16.2 Å². The Labute approximate surface area is 136 Å². The minimum atomic E-state index is -0.401. The van der Waals surface area contributed by atoms with Gasteiger partial charge in [0.05, 0.1) is 15.7 Å². The summed E-state index contributed by atoms with van der Waals surface area (Å²) in [6.45, 7) is 0. The molecular formula is C14H10Cl2N2O2S. The molecule has 0 aliphatic heterocycles. The molecule has 0 bridgehead atoms. The second kappa shape index (κ2) is 6.30. The highest BCUT2D eigenvalue weighted by molar-refractivity contribution is 7.80. The second-order valence-electron chi connectivity index (χ2n) is 4.18. The van der Waals surface area contributed by atoms with E-state index in [1.807, 2.05) is 0 Å². The van der Waals surface area contributed by atoms with Crippen LogP contribution in [0, 0.1) is 0 Å². The molecule has 108 valence electrons. The summed E-state index contributed by atoms with van der Waals surface area (Å²) in [6, 6.07) is 9.00. The molecule has 2 aromatic carbocycles. The van der Waals surface area contributed by atoms with Crippen LogP contribution >= 0.6 is 35.4 Å².